The molecule has 0 amide bonds. The van der Waals surface area contributed by atoms with Gasteiger partial charge in [0.1, 0.15) is 0 Å². The quantitative estimate of drug-likeness (QED) is 0.164. The van der Waals surface area contributed by atoms with Gasteiger partial charge in [0, 0.05) is 0 Å². The molecule has 1 aliphatic carbocycles. The van der Waals surface area contributed by atoms with Gasteiger partial charge in [0.15, 0.2) is 0 Å². The van der Waals surface area contributed by atoms with E-state index in [0.29, 0.717) is 11.1 Å². The fraction of sp³-hybridized carbons (Fsp3) is 0.0357. The number of aromatic nitrogens is 1. The Morgan fingerprint density at radius 3 is 2.60 bits per heavy atom. The van der Waals surface area contributed by atoms with E-state index in [4.69, 9.17) is 6.35 Å². The fourth-order valence-corrected chi connectivity index (χ4v) is 10.6. The molecule has 7 rings (SSSR count). The van der Waals surface area contributed by atoms with Gasteiger partial charge in [-0.3, -0.25) is 0 Å². The predicted octanol–water partition coefficient (Wildman–Crippen LogP) is 3.56. The van der Waals surface area contributed by atoms with E-state index in [2.05, 4.69) is 42.2 Å². The van der Waals surface area contributed by atoms with Crippen molar-refractivity contribution >= 4 is 96.2 Å². The zero-order valence-electron chi connectivity index (χ0n) is 19.4. The van der Waals surface area contributed by atoms with E-state index in [1.165, 1.54) is 13.4 Å². The molecule has 0 saturated carbocycles. The van der Waals surface area contributed by atoms with Crippen molar-refractivity contribution in [3.8, 4) is 0 Å². The van der Waals surface area contributed by atoms with Gasteiger partial charge in [-0.2, -0.15) is 0 Å². The second-order valence-corrected chi connectivity index (χ2v) is 15.5. The number of carbonyl (C=O) groups excluding carboxylic acids is 2. The molecule has 1 aliphatic heterocycles. The summed E-state index contributed by atoms with van der Waals surface area (Å²) in [5, 5.41) is 1.03. The van der Waals surface area contributed by atoms with Crippen LogP contribution in [0.15, 0.2) is 78.5 Å². The number of nitrogens with zero attached hydrogens (tertiary/aromatic N) is 2. The second kappa shape index (κ2) is 8.14. The number of aryl methyl sites for hydroxylation is 1. The Hall–Kier alpha value is -2.75. The van der Waals surface area contributed by atoms with E-state index in [1.807, 2.05) is 42.6 Å². The van der Waals surface area contributed by atoms with Crippen molar-refractivity contribution in [1.29, 1.82) is 0 Å². The van der Waals surface area contributed by atoms with E-state index in [-0.39, 0.29) is 67.2 Å². The molecule has 168 valence electrons. The number of benzene rings is 2. The minimum atomic E-state index is -0.323. The molecule has 2 aliphatic rings. The normalized spacial score (nSPS) is 16.3. The Balaban J connectivity index is 1.32. The summed E-state index contributed by atoms with van der Waals surface area (Å²) in [4.78, 5) is 33.5. The maximum absolute atomic E-state index is 13.3. The molecule has 4 nitrogen and oxygen atoms in total. The summed E-state index contributed by atoms with van der Waals surface area (Å²) in [6.45, 7) is 2.08. The molecule has 35 heavy (non-hydrogen) atoms. The van der Waals surface area contributed by atoms with Gasteiger partial charge in [0.25, 0.3) is 0 Å². The summed E-state index contributed by atoms with van der Waals surface area (Å²) in [6.07, 6.45) is 1.81. The zero-order chi connectivity index (χ0) is 24.6. The molecule has 0 fully saturated rings. The van der Waals surface area contributed by atoms with Crippen molar-refractivity contribution in [2.75, 3.05) is 4.90 Å². The van der Waals surface area contributed by atoms with Crippen LogP contribution in [-0.2, 0) is 0 Å². The van der Waals surface area contributed by atoms with Crippen LogP contribution in [0, 0.1) is 6.92 Å². The first-order chi connectivity index (χ1) is 17.5. The zero-order valence-corrected chi connectivity index (χ0v) is 23.5. The molecule has 0 atom stereocenters. The van der Waals surface area contributed by atoms with Gasteiger partial charge in [-0.05, 0) is 0 Å². The van der Waals surface area contributed by atoms with Gasteiger partial charge in [0.05, 0.1) is 0 Å². The van der Waals surface area contributed by atoms with Crippen LogP contribution in [-0.4, -0.2) is 60.5 Å². The molecular weight excluding hydrogens is 633 g/mol. The average molecular weight is 650 g/mol. The third-order valence-corrected chi connectivity index (χ3v) is 12.6. The Kier molecular flexibility index (Phi) is 4.76. The Labute approximate surface area is 221 Å². The van der Waals surface area contributed by atoms with E-state index in [9.17, 15) is 9.59 Å². The monoisotopic (exact) mass is 653 g/mol. The number of hydrogen-bond donors (Lipinski definition) is 0. The first-order valence-electron chi connectivity index (χ1n) is 11.5. The van der Waals surface area contributed by atoms with Crippen LogP contribution < -0.4 is 13.8 Å². The molecule has 0 bridgehead atoms. The van der Waals surface area contributed by atoms with Crippen LogP contribution in [0.2, 0.25) is 0 Å². The second-order valence-electron chi connectivity index (χ2n) is 8.32. The van der Waals surface area contributed by atoms with Crippen molar-refractivity contribution in [1.82, 2.24) is 4.98 Å². The van der Waals surface area contributed by atoms with E-state index >= 15 is 0 Å². The number of hydrogen-bond acceptors (Lipinski definition) is 4. The predicted molar refractivity (Wildman–Crippen MR) is 143 cm³/mol. The number of allylic oxidation sites excluding steroid dienone is 1. The molecule has 0 unspecified atom stereocenters. The number of carbonyl (C=O) groups is 2. The van der Waals surface area contributed by atoms with Crippen LogP contribution in [0.1, 0.15) is 31.0 Å². The van der Waals surface area contributed by atoms with Crippen LogP contribution in [0.25, 0.3) is 15.7 Å². The molecule has 7 heteroatoms. The van der Waals surface area contributed by atoms with Crippen molar-refractivity contribution in [3.63, 3.8) is 0 Å². The molecular formula is C28H16N2O2Se3. The fourth-order valence-electron chi connectivity index (χ4n) is 4.53. The van der Waals surface area contributed by atoms with Gasteiger partial charge in [-0.1, -0.05) is 0 Å². The van der Waals surface area contributed by atoms with E-state index in [1.54, 1.807) is 0 Å². The molecule has 0 N–H and O–H groups in total. The molecule has 4 heterocycles. The molecule has 3 aromatic heterocycles. The molecule has 0 radical (unpaired) electrons. The molecule has 0 saturated heterocycles. The summed E-state index contributed by atoms with van der Waals surface area (Å²) in [7, 11) is 0. The van der Waals surface area contributed by atoms with Crippen LogP contribution in [0.3, 0.4) is 0 Å². The first-order valence-corrected chi connectivity index (χ1v) is 16.1. The molecule has 2 aromatic carbocycles. The summed E-state index contributed by atoms with van der Waals surface area (Å²) in [5.41, 5.74) is 2.01. The van der Waals surface area contributed by atoms with Crippen molar-refractivity contribution in [2.24, 2.45) is 0 Å². The SMILES string of the molecule is [2H]/C(=C1/C(=O)c2cc3cc(C)[se]c3cc2C1=O)c1ccc(N2c3ccccc3[Se]c3cccnc32)[se]1. The number of rotatable bonds is 2. The standard InChI is InChI=1S/C28H16N2O2Se3/c1-15-11-16-12-18-19(14-24(16)33-15)27(32)20(26(18)31)13-17-8-9-25(34-17)30-21-5-2-3-6-22(21)35-23-7-4-10-29-28(23)30/h2-14H,1H3/b20-13+/i13D. The van der Waals surface area contributed by atoms with Gasteiger partial charge >= 0.3 is 222 Å². The third kappa shape index (κ3) is 3.43. The third-order valence-electron chi connectivity index (χ3n) is 6.07. The van der Waals surface area contributed by atoms with Crippen LogP contribution in [0.5, 0.6) is 0 Å². The van der Waals surface area contributed by atoms with Gasteiger partial charge in [0.2, 0.25) is 0 Å². The number of fused-ring (bicyclic) bond motifs is 4. The summed E-state index contributed by atoms with van der Waals surface area (Å²) in [5.74, 6) is 0.293. The molecule has 0 spiro atoms. The molecule has 5 aromatic rings. The maximum atomic E-state index is 13.3. The summed E-state index contributed by atoms with van der Waals surface area (Å²) in [6, 6.07) is 22.3. The van der Waals surface area contributed by atoms with E-state index in [0.717, 1.165) is 30.2 Å². The number of ketones is 2. The van der Waals surface area contributed by atoms with Crippen LogP contribution in [0.4, 0.5) is 16.1 Å². The van der Waals surface area contributed by atoms with Crippen LogP contribution >= 0.6 is 0 Å². The average Bonchev–Trinajstić information content (AvgIpc) is 3.57. The number of anilines is 3. The van der Waals surface area contributed by atoms with Gasteiger partial charge in [-0.25, -0.2) is 0 Å². The van der Waals surface area contributed by atoms with E-state index < -0.39 is 0 Å². The Morgan fingerprint density at radius 1 is 0.914 bits per heavy atom. The number of pyridine rings is 1. The number of para-hydroxylation sites is 1. The van der Waals surface area contributed by atoms with Crippen molar-refractivity contribution in [2.45, 2.75) is 6.92 Å². The summed E-state index contributed by atoms with van der Waals surface area (Å²) < 4.78 is 15.6. The van der Waals surface area contributed by atoms with Crippen molar-refractivity contribution in [3.05, 3.63) is 98.5 Å². The summed E-state index contributed by atoms with van der Waals surface area (Å²) >= 11 is 0.109. The Bertz CT molecular complexity index is 1700. The Morgan fingerprint density at radius 2 is 1.71 bits per heavy atom. The van der Waals surface area contributed by atoms with Gasteiger partial charge < -0.3 is 0 Å². The van der Waals surface area contributed by atoms with Crippen molar-refractivity contribution < 1.29 is 11.0 Å². The van der Waals surface area contributed by atoms with Gasteiger partial charge in [-0.15, -0.1) is 0 Å². The first kappa shape index (κ1) is 20.4. The topological polar surface area (TPSA) is 50.3 Å². The number of Topliss-reactive ketones (excluding diaryl/α,β-unsaturated/α-hetero) is 2. The minimum absolute atomic E-state index is 0.00514.